The van der Waals surface area contributed by atoms with Crippen LogP contribution in [0, 0.1) is 0 Å². The van der Waals surface area contributed by atoms with E-state index in [1.54, 1.807) is 8.17 Å². The molecule has 2 aliphatic heterocycles. The van der Waals surface area contributed by atoms with Crippen LogP contribution in [0.4, 0.5) is 0 Å². The molecule has 5 rings (SSSR count). The van der Waals surface area contributed by atoms with Gasteiger partial charge in [0.2, 0.25) is 0 Å². The van der Waals surface area contributed by atoms with E-state index in [1.807, 2.05) is 72.8 Å². The quantitative estimate of drug-likeness (QED) is 0.351. The molecule has 0 unspecified atom stereocenters. The third-order valence-electron chi connectivity index (χ3n) is 4.31. The molecular weight excluding hydrogens is 367 g/mol. The molecule has 5 heterocycles. The average molecular weight is 379 g/mol. The van der Waals surface area contributed by atoms with Crippen LogP contribution in [0.5, 0.6) is 0 Å². The summed E-state index contributed by atoms with van der Waals surface area (Å²) in [6, 6.07) is 15.6. The number of hydrogen-bond donors (Lipinski definition) is 0. The summed E-state index contributed by atoms with van der Waals surface area (Å²) in [5.41, 5.74) is 6.77. The van der Waals surface area contributed by atoms with Crippen molar-refractivity contribution in [2.24, 2.45) is 0 Å². The Balaban J connectivity index is 1.91. The first-order valence-electron chi connectivity index (χ1n) is 8.08. The smallest absolute Gasteiger partial charge is 0.0658 e. The highest BCUT2D eigenvalue weighted by Crippen LogP contribution is 2.21. The summed E-state index contributed by atoms with van der Waals surface area (Å²) < 4.78 is 3.22. The summed E-state index contributed by atoms with van der Waals surface area (Å²) in [5, 5.41) is 0. The maximum atomic E-state index is 6.46. The van der Waals surface area contributed by atoms with Gasteiger partial charge in [0, 0.05) is 23.6 Å². The van der Waals surface area contributed by atoms with Crippen LogP contribution < -0.4 is 0 Å². The predicted octanol–water partition coefficient (Wildman–Crippen LogP) is 5.61. The van der Waals surface area contributed by atoms with Gasteiger partial charge in [-0.25, -0.2) is 9.97 Å². The summed E-state index contributed by atoms with van der Waals surface area (Å²) in [6.07, 6.45) is 7.82. The van der Waals surface area contributed by atoms with Crippen molar-refractivity contribution in [2.45, 2.75) is 0 Å². The Bertz CT molecular complexity index is 1080. The van der Waals surface area contributed by atoms with E-state index in [0.717, 1.165) is 44.8 Å². The fraction of sp³-hybridized carbons (Fsp3) is 0. The van der Waals surface area contributed by atoms with Gasteiger partial charge in [0.15, 0.2) is 0 Å². The molecule has 126 valence electrons. The zero-order valence-electron chi connectivity index (χ0n) is 13.5. The van der Waals surface area contributed by atoms with Gasteiger partial charge in [0.05, 0.1) is 44.8 Å². The highest BCUT2D eigenvalue weighted by Gasteiger charge is 2.05. The van der Waals surface area contributed by atoms with Crippen molar-refractivity contribution in [2.75, 3.05) is 0 Å². The lowest BCUT2D eigenvalue weighted by Crippen LogP contribution is -1.81. The van der Waals surface area contributed by atoms with Crippen LogP contribution in [0.25, 0.3) is 46.4 Å². The maximum absolute atomic E-state index is 6.46. The summed E-state index contributed by atoms with van der Waals surface area (Å²) >= 11 is 12.9. The van der Waals surface area contributed by atoms with Crippen LogP contribution >= 0.6 is 23.6 Å². The fourth-order valence-electron chi connectivity index (χ4n) is 3.04. The number of halogens is 2. The van der Waals surface area contributed by atoms with E-state index in [9.17, 15) is 0 Å². The Morgan fingerprint density at radius 1 is 0.500 bits per heavy atom. The van der Waals surface area contributed by atoms with Crippen molar-refractivity contribution in [3.05, 3.63) is 71.3 Å². The summed E-state index contributed by atoms with van der Waals surface area (Å²) in [4.78, 5) is 9.23. The Kier molecular flexibility index (Phi) is 3.48. The van der Waals surface area contributed by atoms with Gasteiger partial charge in [-0.05, 0) is 72.8 Å². The number of nitrogens with zero attached hydrogens (tertiary/aromatic N) is 4. The van der Waals surface area contributed by atoms with Crippen LogP contribution in [0.1, 0.15) is 22.8 Å². The zero-order chi connectivity index (χ0) is 17.7. The van der Waals surface area contributed by atoms with Crippen LogP contribution in [0.2, 0.25) is 0 Å². The van der Waals surface area contributed by atoms with Gasteiger partial charge in [-0.1, -0.05) is 0 Å². The molecule has 0 radical (unpaired) electrons. The van der Waals surface area contributed by atoms with Gasteiger partial charge in [0.1, 0.15) is 0 Å². The van der Waals surface area contributed by atoms with Crippen molar-refractivity contribution in [3.63, 3.8) is 0 Å². The molecule has 0 saturated carbocycles. The molecule has 2 aliphatic rings. The Morgan fingerprint density at radius 3 is 1.04 bits per heavy atom. The summed E-state index contributed by atoms with van der Waals surface area (Å²) in [5.74, 6) is 0. The van der Waals surface area contributed by atoms with E-state index < -0.39 is 0 Å². The molecule has 0 aliphatic carbocycles. The first kappa shape index (κ1) is 15.4. The molecule has 4 nitrogen and oxygen atoms in total. The highest BCUT2D eigenvalue weighted by atomic mass is 35.5. The van der Waals surface area contributed by atoms with Gasteiger partial charge in [-0.3, -0.25) is 8.17 Å². The Hall–Kier alpha value is -2.82. The number of aromatic nitrogens is 4. The van der Waals surface area contributed by atoms with Gasteiger partial charge in [0.25, 0.3) is 0 Å². The highest BCUT2D eigenvalue weighted by molar-refractivity contribution is 6.20. The molecule has 8 bridgehead atoms. The standard InChI is InChI=1S/C20H12Cl2N4/c21-25-17-5-6-19(25)11-15-3-4-16(24-15)12-20-8-7-18(26(20)22)10-14-2-1-13(9-17)23-14/h1-12H. The molecule has 6 heteroatoms. The predicted molar refractivity (Wildman–Crippen MR) is 109 cm³/mol. The normalized spacial score (nSPS) is 12.7. The van der Waals surface area contributed by atoms with Gasteiger partial charge in [-0.2, -0.15) is 0 Å². The zero-order valence-corrected chi connectivity index (χ0v) is 15.0. The molecular formula is C20H12Cl2N4. The lowest BCUT2D eigenvalue weighted by Gasteiger charge is -1.93. The third-order valence-corrected chi connectivity index (χ3v) is 5.09. The molecule has 0 atom stereocenters. The van der Waals surface area contributed by atoms with Crippen molar-refractivity contribution >= 4 is 69.9 Å². The van der Waals surface area contributed by atoms with Gasteiger partial charge >= 0.3 is 0 Å². The third kappa shape index (κ3) is 2.64. The monoisotopic (exact) mass is 378 g/mol. The Morgan fingerprint density at radius 2 is 0.769 bits per heavy atom. The SMILES string of the molecule is Cln1c2ccc1cc1nc(cc3ccc(cc4nc(c2)C=C4)n3Cl)C=C1. The van der Waals surface area contributed by atoms with E-state index in [-0.39, 0.29) is 0 Å². The average Bonchev–Trinajstić information content (AvgIpc) is 3.39. The van der Waals surface area contributed by atoms with E-state index in [0.29, 0.717) is 0 Å². The minimum atomic E-state index is 0.836. The van der Waals surface area contributed by atoms with Gasteiger partial charge in [-0.15, -0.1) is 0 Å². The van der Waals surface area contributed by atoms with Crippen LogP contribution in [-0.4, -0.2) is 18.1 Å². The molecule has 3 aromatic heterocycles. The summed E-state index contributed by atoms with van der Waals surface area (Å²) in [6.45, 7) is 0. The van der Waals surface area contributed by atoms with Crippen molar-refractivity contribution < 1.29 is 0 Å². The van der Waals surface area contributed by atoms with Crippen molar-refractivity contribution in [1.29, 1.82) is 0 Å². The van der Waals surface area contributed by atoms with E-state index in [4.69, 9.17) is 23.6 Å². The molecule has 26 heavy (non-hydrogen) atoms. The number of hydrogen-bond acceptors (Lipinski definition) is 2. The molecule has 0 aromatic carbocycles. The topological polar surface area (TPSA) is 35.6 Å². The number of fused-ring (bicyclic) bond motifs is 8. The second-order valence-corrected chi connectivity index (χ2v) is 6.77. The van der Waals surface area contributed by atoms with Crippen LogP contribution in [0.3, 0.4) is 0 Å². The lowest BCUT2D eigenvalue weighted by molar-refractivity contribution is 1.29. The Labute approximate surface area is 159 Å². The summed E-state index contributed by atoms with van der Waals surface area (Å²) in [7, 11) is 0. The largest absolute Gasteiger partial charge is 0.254 e. The molecule has 0 fully saturated rings. The van der Waals surface area contributed by atoms with E-state index in [1.165, 1.54) is 0 Å². The maximum Gasteiger partial charge on any atom is 0.0658 e. The minimum Gasteiger partial charge on any atom is -0.254 e. The van der Waals surface area contributed by atoms with Crippen LogP contribution in [-0.2, 0) is 0 Å². The lowest BCUT2D eigenvalue weighted by atomic mass is 10.3. The van der Waals surface area contributed by atoms with Crippen molar-refractivity contribution in [3.8, 4) is 0 Å². The van der Waals surface area contributed by atoms with Gasteiger partial charge < -0.3 is 0 Å². The first-order chi connectivity index (χ1) is 12.7. The van der Waals surface area contributed by atoms with Crippen molar-refractivity contribution in [1.82, 2.24) is 18.1 Å². The van der Waals surface area contributed by atoms with Crippen LogP contribution in [0.15, 0.2) is 48.5 Å². The molecule has 0 saturated heterocycles. The van der Waals surface area contributed by atoms with E-state index >= 15 is 0 Å². The second kappa shape index (κ2) is 5.87. The minimum absolute atomic E-state index is 0.836. The molecule has 0 N–H and O–H groups in total. The molecule has 3 aromatic rings. The fourth-order valence-corrected chi connectivity index (χ4v) is 3.46. The number of rotatable bonds is 0. The van der Waals surface area contributed by atoms with E-state index in [2.05, 4.69) is 9.97 Å². The second-order valence-electron chi connectivity index (χ2n) is 6.09. The first-order valence-corrected chi connectivity index (χ1v) is 8.76. The molecule has 0 spiro atoms. The molecule has 0 amide bonds.